The summed E-state index contributed by atoms with van der Waals surface area (Å²) < 4.78 is 8.53. The Labute approximate surface area is 189 Å². The average molecular weight is 440 g/mol. The van der Waals surface area contributed by atoms with Crippen LogP contribution in [0.1, 0.15) is 45.0 Å². The number of carbonyl (C=O) groups excluding carboxylic acids is 2. The van der Waals surface area contributed by atoms with Crippen LogP contribution in [0.15, 0.2) is 36.7 Å². The van der Waals surface area contributed by atoms with Gasteiger partial charge in [0.25, 0.3) is 5.91 Å². The SMILES string of the molecule is CCc1ccc(NC(=O)N2CCC3(CC2)O[C@H](C(=O)N(CC)CC)Cn2ccnc23)cc1. The van der Waals surface area contributed by atoms with Gasteiger partial charge < -0.3 is 24.4 Å². The molecule has 0 radical (unpaired) electrons. The molecule has 2 aliphatic heterocycles. The number of imidazole rings is 1. The molecule has 4 rings (SSSR count). The van der Waals surface area contributed by atoms with E-state index in [1.54, 1.807) is 6.20 Å². The molecule has 2 aliphatic rings. The molecule has 32 heavy (non-hydrogen) atoms. The lowest BCUT2D eigenvalue weighted by Gasteiger charge is -2.46. The van der Waals surface area contributed by atoms with Crippen molar-refractivity contribution in [2.75, 3.05) is 31.5 Å². The van der Waals surface area contributed by atoms with Crippen molar-refractivity contribution in [2.24, 2.45) is 0 Å². The number of likely N-dealkylation sites (N-methyl/N-ethyl adjacent to an activating group) is 1. The molecule has 0 bridgehead atoms. The van der Waals surface area contributed by atoms with E-state index < -0.39 is 11.7 Å². The van der Waals surface area contributed by atoms with Gasteiger partial charge in [-0.25, -0.2) is 9.78 Å². The highest BCUT2D eigenvalue weighted by Crippen LogP contribution is 2.40. The van der Waals surface area contributed by atoms with Crippen molar-refractivity contribution in [3.63, 3.8) is 0 Å². The predicted molar refractivity (Wildman–Crippen MR) is 122 cm³/mol. The van der Waals surface area contributed by atoms with Gasteiger partial charge in [0.1, 0.15) is 11.4 Å². The minimum absolute atomic E-state index is 0.0180. The maximum absolute atomic E-state index is 13.0. The smallest absolute Gasteiger partial charge is 0.321 e. The third-order valence-corrected chi connectivity index (χ3v) is 6.68. The van der Waals surface area contributed by atoms with Crippen LogP contribution in [-0.2, 0) is 28.1 Å². The van der Waals surface area contributed by atoms with Gasteiger partial charge in [0, 0.05) is 57.1 Å². The summed E-state index contributed by atoms with van der Waals surface area (Å²) in [7, 11) is 0. The Bertz CT molecular complexity index is 943. The van der Waals surface area contributed by atoms with E-state index >= 15 is 0 Å². The summed E-state index contributed by atoms with van der Waals surface area (Å²) in [4.78, 5) is 34.0. The number of nitrogens with one attached hydrogen (secondary N) is 1. The fourth-order valence-corrected chi connectivity index (χ4v) is 4.70. The van der Waals surface area contributed by atoms with Crippen molar-refractivity contribution in [2.45, 2.75) is 58.3 Å². The number of anilines is 1. The molecule has 1 fully saturated rings. The average Bonchev–Trinajstić information content (AvgIpc) is 3.30. The Hall–Kier alpha value is -2.87. The molecule has 8 nitrogen and oxygen atoms in total. The Balaban J connectivity index is 1.45. The van der Waals surface area contributed by atoms with Crippen LogP contribution in [0.25, 0.3) is 0 Å². The lowest BCUT2D eigenvalue weighted by molar-refractivity contribution is -0.179. The van der Waals surface area contributed by atoms with Gasteiger partial charge in [0.05, 0.1) is 6.54 Å². The highest BCUT2D eigenvalue weighted by Gasteiger charge is 2.48. The Morgan fingerprint density at radius 3 is 2.47 bits per heavy atom. The van der Waals surface area contributed by atoms with Crippen LogP contribution in [0.3, 0.4) is 0 Å². The largest absolute Gasteiger partial charge is 0.352 e. The third kappa shape index (κ3) is 4.24. The first-order valence-corrected chi connectivity index (χ1v) is 11.6. The fourth-order valence-electron chi connectivity index (χ4n) is 4.70. The van der Waals surface area contributed by atoms with Crippen molar-refractivity contribution in [1.82, 2.24) is 19.4 Å². The van der Waals surface area contributed by atoms with Crippen molar-refractivity contribution in [3.05, 3.63) is 48.0 Å². The molecule has 0 unspecified atom stereocenters. The minimum atomic E-state index is -0.644. The van der Waals surface area contributed by atoms with E-state index in [1.807, 2.05) is 58.7 Å². The summed E-state index contributed by atoms with van der Waals surface area (Å²) in [6.07, 6.45) is 5.33. The van der Waals surface area contributed by atoms with E-state index in [0.717, 1.165) is 17.9 Å². The second-order valence-corrected chi connectivity index (χ2v) is 8.48. The number of benzene rings is 1. The van der Waals surface area contributed by atoms with Gasteiger partial charge in [-0.15, -0.1) is 0 Å². The molecule has 1 aromatic heterocycles. The van der Waals surface area contributed by atoms with E-state index in [2.05, 4.69) is 17.2 Å². The molecule has 1 spiro atoms. The molecule has 0 saturated carbocycles. The number of rotatable bonds is 5. The number of aromatic nitrogens is 2. The molecule has 3 amide bonds. The molecular formula is C24H33N5O3. The van der Waals surface area contributed by atoms with Gasteiger partial charge in [-0.1, -0.05) is 19.1 Å². The van der Waals surface area contributed by atoms with Crippen molar-refractivity contribution in [3.8, 4) is 0 Å². The molecule has 2 aromatic rings. The van der Waals surface area contributed by atoms with Gasteiger partial charge in [0.15, 0.2) is 6.10 Å². The van der Waals surface area contributed by atoms with Crippen LogP contribution in [0.2, 0.25) is 0 Å². The summed E-state index contributed by atoms with van der Waals surface area (Å²) >= 11 is 0. The molecule has 1 atom stereocenters. The van der Waals surface area contributed by atoms with E-state index in [9.17, 15) is 9.59 Å². The van der Waals surface area contributed by atoms with E-state index in [-0.39, 0.29) is 11.9 Å². The minimum Gasteiger partial charge on any atom is -0.352 e. The zero-order chi connectivity index (χ0) is 22.7. The monoisotopic (exact) mass is 439 g/mol. The number of hydrogen-bond donors (Lipinski definition) is 1. The van der Waals surface area contributed by atoms with Crippen molar-refractivity contribution in [1.29, 1.82) is 0 Å². The van der Waals surface area contributed by atoms with E-state index in [0.29, 0.717) is 45.6 Å². The molecule has 8 heteroatoms. The molecule has 1 saturated heterocycles. The van der Waals surface area contributed by atoms with E-state index in [4.69, 9.17) is 4.74 Å². The number of nitrogens with zero attached hydrogens (tertiary/aromatic N) is 4. The molecule has 3 heterocycles. The van der Waals surface area contributed by atoms with Crippen molar-refractivity contribution >= 4 is 17.6 Å². The highest BCUT2D eigenvalue weighted by molar-refractivity contribution is 5.89. The summed E-state index contributed by atoms with van der Waals surface area (Å²) in [6, 6.07) is 7.82. The number of hydrogen-bond acceptors (Lipinski definition) is 4. The zero-order valence-electron chi connectivity index (χ0n) is 19.2. The number of urea groups is 1. The maximum Gasteiger partial charge on any atom is 0.321 e. The number of ether oxygens (including phenoxy) is 1. The van der Waals surface area contributed by atoms with Gasteiger partial charge in [0.2, 0.25) is 0 Å². The summed E-state index contributed by atoms with van der Waals surface area (Å²) in [5.41, 5.74) is 1.39. The van der Waals surface area contributed by atoms with Crippen LogP contribution in [0, 0.1) is 0 Å². The van der Waals surface area contributed by atoms with Gasteiger partial charge >= 0.3 is 6.03 Å². The zero-order valence-corrected chi connectivity index (χ0v) is 19.2. The Morgan fingerprint density at radius 2 is 1.84 bits per heavy atom. The van der Waals surface area contributed by atoms with Gasteiger partial charge in [-0.05, 0) is 38.0 Å². The second-order valence-electron chi connectivity index (χ2n) is 8.48. The quantitative estimate of drug-likeness (QED) is 0.776. The highest BCUT2D eigenvalue weighted by atomic mass is 16.5. The van der Waals surface area contributed by atoms with Crippen LogP contribution in [0.4, 0.5) is 10.5 Å². The van der Waals surface area contributed by atoms with Crippen LogP contribution in [0.5, 0.6) is 0 Å². The summed E-state index contributed by atoms with van der Waals surface area (Å²) in [5, 5.41) is 2.99. The fraction of sp³-hybridized carbons (Fsp3) is 0.542. The molecule has 1 N–H and O–H groups in total. The van der Waals surface area contributed by atoms with Gasteiger partial charge in [-0.2, -0.15) is 0 Å². The number of fused-ring (bicyclic) bond motifs is 2. The summed E-state index contributed by atoms with van der Waals surface area (Å²) in [6.45, 7) is 8.94. The number of carbonyl (C=O) groups is 2. The first-order valence-electron chi connectivity index (χ1n) is 11.6. The predicted octanol–water partition coefficient (Wildman–Crippen LogP) is 3.24. The third-order valence-electron chi connectivity index (χ3n) is 6.68. The lowest BCUT2D eigenvalue weighted by Crippen LogP contribution is -2.55. The topological polar surface area (TPSA) is 79.7 Å². The first-order chi connectivity index (χ1) is 15.5. The number of piperidine rings is 1. The number of aryl methyl sites for hydroxylation is 1. The van der Waals surface area contributed by atoms with Crippen LogP contribution >= 0.6 is 0 Å². The second kappa shape index (κ2) is 9.32. The molecule has 172 valence electrons. The van der Waals surface area contributed by atoms with Crippen LogP contribution in [-0.4, -0.2) is 63.6 Å². The Morgan fingerprint density at radius 1 is 1.16 bits per heavy atom. The van der Waals surface area contributed by atoms with E-state index in [1.165, 1.54) is 5.56 Å². The first kappa shape index (κ1) is 22.3. The normalized spacial score (nSPS) is 19.5. The number of likely N-dealkylation sites (tertiary alicyclic amines) is 1. The standard InChI is InChI=1S/C24H33N5O3/c1-4-18-7-9-19(10-8-18)26-23(31)28-14-11-24(12-15-28)22-25-13-16-29(22)17-20(32-24)21(30)27(5-2)6-3/h7-10,13,16,20H,4-6,11-12,14-15,17H2,1-3H3,(H,26,31)/t20-/m0/s1. The lowest BCUT2D eigenvalue weighted by atomic mass is 9.88. The number of amides is 3. The molecule has 1 aromatic carbocycles. The molecule has 0 aliphatic carbocycles. The maximum atomic E-state index is 13.0. The van der Waals surface area contributed by atoms with Crippen LogP contribution < -0.4 is 5.32 Å². The Kier molecular flexibility index (Phi) is 6.50. The summed E-state index contributed by atoms with van der Waals surface area (Å²) in [5.74, 6) is 0.876. The van der Waals surface area contributed by atoms with Crippen molar-refractivity contribution < 1.29 is 14.3 Å². The van der Waals surface area contributed by atoms with Gasteiger partial charge in [-0.3, -0.25) is 4.79 Å². The molecular weight excluding hydrogens is 406 g/mol.